The first-order chi connectivity index (χ1) is 8.52. The lowest BCUT2D eigenvalue weighted by atomic mass is 10.1. The maximum Gasteiger partial charge on any atom is 0.270 e. The molecule has 0 saturated heterocycles. The van der Waals surface area contributed by atoms with Crippen LogP contribution < -0.4 is 0 Å². The number of rotatable bonds is 3. The quantitative estimate of drug-likeness (QED) is 0.650. The van der Waals surface area contributed by atoms with Crippen molar-refractivity contribution in [2.24, 2.45) is 7.05 Å². The van der Waals surface area contributed by atoms with E-state index in [9.17, 15) is 10.1 Å². The van der Waals surface area contributed by atoms with Gasteiger partial charge in [-0.15, -0.1) is 10.2 Å². The smallest absolute Gasteiger partial charge is 0.270 e. The van der Waals surface area contributed by atoms with E-state index >= 15 is 0 Å². The number of nitro groups is 1. The van der Waals surface area contributed by atoms with Crippen molar-refractivity contribution in [3.63, 3.8) is 0 Å². The third kappa shape index (κ3) is 2.07. The molecule has 0 aliphatic heterocycles. The molecule has 18 heavy (non-hydrogen) atoms. The fourth-order valence-corrected chi connectivity index (χ4v) is 1.75. The molecule has 0 radical (unpaired) electrons. The summed E-state index contributed by atoms with van der Waals surface area (Å²) < 4.78 is 1.61. The molecule has 0 aliphatic rings. The van der Waals surface area contributed by atoms with Gasteiger partial charge < -0.3 is 9.67 Å². The molecule has 0 bridgehead atoms. The molecule has 2 aromatic rings. The summed E-state index contributed by atoms with van der Waals surface area (Å²) in [6.45, 7) is 1.55. The molecule has 2 rings (SSSR count). The van der Waals surface area contributed by atoms with Crippen LogP contribution >= 0.6 is 0 Å². The first-order valence-electron chi connectivity index (χ1n) is 5.28. The van der Waals surface area contributed by atoms with E-state index < -0.39 is 4.92 Å². The van der Waals surface area contributed by atoms with Crippen LogP contribution in [0.2, 0.25) is 0 Å². The molecule has 1 aromatic heterocycles. The molecule has 0 unspecified atom stereocenters. The Hall–Kier alpha value is -2.28. The Morgan fingerprint density at radius 1 is 1.39 bits per heavy atom. The number of hydrogen-bond donors (Lipinski definition) is 1. The van der Waals surface area contributed by atoms with Crippen molar-refractivity contribution in [2.75, 3.05) is 0 Å². The molecule has 94 valence electrons. The Morgan fingerprint density at radius 3 is 2.67 bits per heavy atom. The van der Waals surface area contributed by atoms with Gasteiger partial charge >= 0.3 is 0 Å². The minimum absolute atomic E-state index is 0.0125. The molecule has 1 N–H and O–H groups in total. The fourth-order valence-electron chi connectivity index (χ4n) is 1.75. The van der Waals surface area contributed by atoms with Gasteiger partial charge in [-0.25, -0.2) is 0 Å². The lowest BCUT2D eigenvalue weighted by molar-refractivity contribution is -0.384. The molecule has 0 amide bonds. The van der Waals surface area contributed by atoms with Crippen molar-refractivity contribution >= 4 is 5.69 Å². The lowest BCUT2D eigenvalue weighted by Crippen LogP contribution is -1.99. The van der Waals surface area contributed by atoms with E-state index in [1.165, 1.54) is 12.1 Å². The first-order valence-corrected chi connectivity index (χ1v) is 5.28. The van der Waals surface area contributed by atoms with Crippen LogP contribution in [0, 0.1) is 17.0 Å². The summed E-state index contributed by atoms with van der Waals surface area (Å²) in [6, 6.07) is 4.73. The predicted octanol–water partition coefficient (Wildman–Crippen LogP) is 1.19. The van der Waals surface area contributed by atoms with Crippen LogP contribution in [0.1, 0.15) is 11.4 Å². The third-order valence-electron chi connectivity index (χ3n) is 2.64. The zero-order chi connectivity index (χ0) is 13.3. The summed E-state index contributed by atoms with van der Waals surface area (Å²) in [6.07, 6.45) is 0. The highest BCUT2D eigenvalue weighted by Crippen LogP contribution is 2.24. The van der Waals surface area contributed by atoms with Crippen LogP contribution in [0.15, 0.2) is 18.2 Å². The molecule has 1 heterocycles. The maximum atomic E-state index is 10.8. The zero-order valence-corrected chi connectivity index (χ0v) is 9.99. The number of aliphatic hydroxyl groups excluding tert-OH is 1. The van der Waals surface area contributed by atoms with Gasteiger partial charge in [-0.05, 0) is 18.6 Å². The molecule has 1 aromatic carbocycles. The fraction of sp³-hybridized carbons (Fsp3) is 0.273. The number of aromatic nitrogens is 3. The van der Waals surface area contributed by atoms with Gasteiger partial charge in [0.1, 0.15) is 6.61 Å². The van der Waals surface area contributed by atoms with E-state index in [0.717, 1.165) is 5.56 Å². The van der Waals surface area contributed by atoms with Crippen molar-refractivity contribution in [1.82, 2.24) is 14.8 Å². The molecular formula is C11H12N4O3. The second kappa shape index (κ2) is 4.53. The lowest BCUT2D eigenvalue weighted by Gasteiger charge is -2.03. The van der Waals surface area contributed by atoms with Gasteiger partial charge in [0.05, 0.1) is 4.92 Å². The number of nitrogens with zero attached hydrogens (tertiary/aromatic N) is 4. The average molecular weight is 248 g/mol. The Balaban J connectivity index is 2.56. The van der Waals surface area contributed by atoms with Gasteiger partial charge in [0.25, 0.3) is 5.69 Å². The van der Waals surface area contributed by atoms with Gasteiger partial charge in [0, 0.05) is 24.7 Å². The first kappa shape index (κ1) is 12.2. The molecule has 0 fully saturated rings. The Bertz CT molecular complexity index is 606. The highest BCUT2D eigenvalue weighted by atomic mass is 16.6. The van der Waals surface area contributed by atoms with Crippen LogP contribution in [-0.2, 0) is 13.7 Å². The van der Waals surface area contributed by atoms with Gasteiger partial charge in [-0.2, -0.15) is 0 Å². The number of nitro benzene ring substituents is 1. The van der Waals surface area contributed by atoms with Crippen molar-refractivity contribution in [2.45, 2.75) is 13.5 Å². The zero-order valence-electron chi connectivity index (χ0n) is 9.99. The average Bonchev–Trinajstić information content (AvgIpc) is 2.69. The van der Waals surface area contributed by atoms with Gasteiger partial charge in [0.15, 0.2) is 11.6 Å². The van der Waals surface area contributed by atoms with Crippen LogP contribution in [0.25, 0.3) is 11.4 Å². The number of benzene rings is 1. The van der Waals surface area contributed by atoms with Crippen LogP contribution in [0.5, 0.6) is 0 Å². The van der Waals surface area contributed by atoms with Gasteiger partial charge in [0.2, 0.25) is 0 Å². The van der Waals surface area contributed by atoms with Crippen molar-refractivity contribution in [3.8, 4) is 11.4 Å². The molecule has 0 saturated carbocycles. The summed E-state index contributed by atoms with van der Waals surface area (Å²) in [5.74, 6) is 0.903. The van der Waals surface area contributed by atoms with E-state index in [-0.39, 0.29) is 12.3 Å². The predicted molar refractivity (Wildman–Crippen MR) is 63.8 cm³/mol. The highest BCUT2D eigenvalue weighted by molar-refractivity contribution is 5.61. The number of aryl methyl sites for hydroxylation is 1. The summed E-state index contributed by atoms with van der Waals surface area (Å²) in [7, 11) is 1.70. The minimum atomic E-state index is -0.445. The summed E-state index contributed by atoms with van der Waals surface area (Å²) in [4.78, 5) is 10.4. The standard InChI is InChI=1S/C11H12N4O3/c1-7-3-8(5-9(4-7)15(17)18)11-13-12-10(6-16)14(11)2/h3-5,16H,6H2,1-2H3. The highest BCUT2D eigenvalue weighted by Gasteiger charge is 2.14. The van der Waals surface area contributed by atoms with Crippen LogP contribution in [-0.4, -0.2) is 24.8 Å². The van der Waals surface area contributed by atoms with E-state index in [1.54, 1.807) is 24.6 Å². The molecule has 0 aliphatic carbocycles. The van der Waals surface area contributed by atoms with E-state index in [0.29, 0.717) is 17.2 Å². The molecule has 0 atom stereocenters. The second-order valence-electron chi connectivity index (χ2n) is 3.97. The normalized spacial score (nSPS) is 10.6. The van der Waals surface area contributed by atoms with Crippen LogP contribution in [0.3, 0.4) is 0 Å². The summed E-state index contributed by atoms with van der Waals surface area (Å²) in [5, 5.41) is 27.6. The van der Waals surface area contributed by atoms with E-state index in [1.807, 2.05) is 0 Å². The maximum absolute atomic E-state index is 10.8. The minimum Gasteiger partial charge on any atom is -0.388 e. The number of non-ortho nitro benzene ring substituents is 1. The number of aliphatic hydroxyl groups is 1. The Kier molecular flexibility index (Phi) is 3.07. The number of hydrogen-bond acceptors (Lipinski definition) is 5. The SMILES string of the molecule is Cc1cc(-c2nnc(CO)n2C)cc([N+](=O)[O-])c1. The Labute approximate surface area is 103 Å². The van der Waals surface area contributed by atoms with Gasteiger partial charge in [-0.1, -0.05) is 0 Å². The van der Waals surface area contributed by atoms with Crippen molar-refractivity contribution < 1.29 is 10.0 Å². The van der Waals surface area contributed by atoms with Crippen molar-refractivity contribution in [1.29, 1.82) is 0 Å². The molecule has 0 spiro atoms. The molecule has 7 nitrogen and oxygen atoms in total. The molecular weight excluding hydrogens is 236 g/mol. The molecule has 7 heteroatoms. The third-order valence-corrected chi connectivity index (χ3v) is 2.64. The van der Waals surface area contributed by atoms with Crippen molar-refractivity contribution in [3.05, 3.63) is 39.7 Å². The van der Waals surface area contributed by atoms with Gasteiger partial charge in [-0.3, -0.25) is 10.1 Å². The van der Waals surface area contributed by atoms with E-state index in [4.69, 9.17) is 5.11 Å². The largest absolute Gasteiger partial charge is 0.388 e. The summed E-state index contributed by atoms with van der Waals surface area (Å²) in [5.41, 5.74) is 1.39. The topological polar surface area (TPSA) is 94.1 Å². The Morgan fingerprint density at radius 2 is 2.11 bits per heavy atom. The van der Waals surface area contributed by atoms with Crippen LogP contribution in [0.4, 0.5) is 5.69 Å². The van der Waals surface area contributed by atoms with E-state index in [2.05, 4.69) is 10.2 Å². The monoisotopic (exact) mass is 248 g/mol. The summed E-state index contributed by atoms with van der Waals surface area (Å²) >= 11 is 0. The second-order valence-corrected chi connectivity index (χ2v) is 3.97.